The average molecular weight is 563 g/mol. The van der Waals surface area contributed by atoms with Gasteiger partial charge < -0.3 is 27.8 Å². The lowest BCUT2D eigenvalue weighted by Crippen LogP contribution is -2.69. The maximum Gasteiger partial charge on any atom is 0.349 e. The molecule has 0 unspecified atom stereocenters. The average Bonchev–Trinajstić information content (AvgIpc) is 2.82. The predicted octanol–water partition coefficient (Wildman–Crippen LogP) is 6.88. The smallest absolute Gasteiger partial charge is 0.349 e. The van der Waals surface area contributed by atoms with Crippen molar-refractivity contribution in [1.29, 1.82) is 0 Å². The Bertz CT molecular complexity index is 964. The highest BCUT2D eigenvalue weighted by Gasteiger charge is 2.64. The van der Waals surface area contributed by atoms with Gasteiger partial charge in [-0.1, -0.05) is 59.2 Å². The zero-order valence-electron chi connectivity index (χ0n) is 25.6. The van der Waals surface area contributed by atoms with Gasteiger partial charge in [0.1, 0.15) is 23.6 Å². The number of methoxy groups -OCH3 is 1. The Morgan fingerprint density at radius 3 is 2.31 bits per heavy atom. The van der Waals surface area contributed by atoms with Crippen LogP contribution in [0.4, 0.5) is 0 Å². The molecule has 220 valence electrons. The lowest BCUT2D eigenvalue weighted by molar-refractivity contribution is -0.247. The highest BCUT2D eigenvalue weighted by molar-refractivity contribution is 6.73. The molecule has 0 bridgehead atoms. The number of hydrogen-bond donors (Lipinski definition) is 0. The van der Waals surface area contributed by atoms with Crippen molar-refractivity contribution < 1.29 is 32.6 Å². The van der Waals surface area contributed by atoms with Gasteiger partial charge in [-0.2, -0.15) is 0 Å². The van der Waals surface area contributed by atoms with Crippen molar-refractivity contribution in [3.8, 4) is 5.75 Å². The van der Waals surface area contributed by atoms with Crippen molar-refractivity contribution >= 4 is 14.5 Å². The maximum atomic E-state index is 13.0. The number of carbonyl (C=O) groups excluding carboxylic acids is 1. The Kier molecular flexibility index (Phi) is 10.1. The molecule has 1 aromatic carbocycles. The van der Waals surface area contributed by atoms with Crippen molar-refractivity contribution in [2.75, 3.05) is 20.3 Å². The van der Waals surface area contributed by atoms with Crippen LogP contribution in [0.3, 0.4) is 0 Å². The molecule has 0 aliphatic carbocycles. The van der Waals surface area contributed by atoms with Crippen LogP contribution in [0, 0.1) is 0 Å². The number of hydrogen-bond acceptors (Lipinski definition) is 7. The van der Waals surface area contributed by atoms with E-state index in [1.54, 1.807) is 7.11 Å². The summed E-state index contributed by atoms with van der Waals surface area (Å²) in [6.45, 7) is 22.8. The first-order valence-corrected chi connectivity index (χ1v) is 16.0. The largest absolute Gasteiger partial charge is 0.497 e. The molecule has 2 heterocycles. The van der Waals surface area contributed by atoms with E-state index >= 15 is 0 Å². The molecule has 3 rings (SSSR count). The summed E-state index contributed by atoms with van der Waals surface area (Å²) in [6, 6.07) is 7.77. The number of esters is 1. The molecule has 4 atom stereocenters. The van der Waals surface area contributed by atoms with Gasteiger partial charge in [0.25, 0.3) is 0 Å². The van der Waals surface area contributed by atoms with Crippen LogP contribution < -0.4 is 4.74 Å². The molecule has 8 heteroatoms. The summed E-state index contributed by atoms with van der Waals surface area (Å²) < 4.78 is 37.3. The first-order valence-electron chi connectivity index (χ1n) is 14.1. The van der Waals surface area contributed by atoms with Gasteiger partial charge in [0.2, 0.25) is 0 Å². The fourth-order valence-electron chi connectivity index (χ4n) is 6.11. The van der Waals surface area contributed by atoms with E-state index in [1.165, 1.54) is 0 Å². The molecule has 0 N–H and O–H groups in total. The van der Waals surface area contributed by atoms with Crippen LogP contribution in [0.5, 0.6) is 5.75 Å². The summed E-state index contributed by atoms with van der Waals surface area (Å²) in [7, 11) is -1.02. The Hall–Kier alpha value is -1.71. The highest BCUT2D eigenvalue weighted by atomic mass is 28.4. The second-order valence-electron chi connectivity index (χ2n) is 13.4. The van der Waals surface area contributed by atoms with Crippen molar-refractivity contribution in [2.45, 2.75) is 122 Å². The van der Waals surface area contributed by atoms with Gasteiger partial charge in [0, 0.05) is 35.9 Å². The minimum Gasteiger partial charge on any atom is -0.497 e. The summed E-state index contributed by atoms with van der Waals surface area (Å²) in [6.07, 6.45) is 1.21. The molecule has 2 aliphatic heterocycles. The van der Waals surface area contributed by atoms with E-state index in [0.717, 1.165) is 16.9 Å². The molecule has 0 saturated carbocycles. The summed E-state index contributed by atoms with van der Waals surface area (Å²) in [5.41, 5.74) is 1.35. The molecular weight excluding hydrogens is 512 g/mol. The third-order valence-electron chi connectivity index (χ3n) is 7.73. The fraction of sp³-hybridized carbons (Fsp3) is 0.710. The van der Waals surface area contributed by atoms with Gasteiger partial charge in [0.05, 0.1) is 26.4 Å². The number of ether oxygens (including phenoxy) is 4. The third-order valence-corrected chi connectivity index (χ3v) is 12.9. The standard InChI is InChI=1S/C31H50O7Si/c1-22(2)19-31(9)27(36-28(32)12-11-17-34-20-23-13-15-24(33-10)16-14-23)18-25-26(37-31)21-35-39(38-25,29(3,4)5)30(6,7)8/h13-16,25-27H,1,11-12,17-21H2,2-10H3/t25-,26+,27+,31-/m0/s1. The SMILES string of the molecule is C=C(C)C[C@]1(C)O[C@@H]2CO[Si](C(C)(C)C)(C(C)(C)C)O[C@H]2C[C@H]1OC(=O)CCCOCc1ccc(OC)cc1. The van der Waals surface area contributed by atoms with Gasteiger partial charge >= 0.3 is 14.5 Å². The molecule has 1 aromatic rings. The Morgan fingerprint density at radius 1 is 1.10 bits per heavy atom. The monoisotopic (exact) mass is 562 g/mol. The van der Waals surface area contributed by atoms with E-state index in [2.05, 4.69) is 48.1 Å². The predicted molar refractivity (Wildman–Crippen MR) is 155 cm³/mol. The Labute approximate surface area is 236 Å². The van der Waals surface area contributed by atoms with Crippen LogP contribution >= 0.6 is 0 Å². The van der Waals surface area contributed by atoms with Crippen molar-refractivity contribution in [2.24, 2.45) is 0 Å². The number of benzene rings is 1. The van der Waals surface area contributed by atoms with Gasteiger partial charge in [0.15, 0.2) is 0 Å². The second-order valence-corrected chi connectivity index (χ2v) is 18.2. The third kappa shape index (κ3) is 7.53. The zero-order valence-corrected chi connectivity index (χ0v) is 26.6. The van der Waals surface area contributed by atoms with Gasteiger partial charge in [-0.25, -0.2) is 0 Å². The zero-order chi connectivity index (χ0) is 29.1. The van der Waals surface area contributed by atoms with E-state index in [1.807, 2.05) is 38.1 Å². The summed E-state index contributed by atoms with van der Waals surface area (Å²) in [5.74, 6) is 0.569. The molecule has 0 amide bonds. The van der Waals surface area contributed by atoms with Crippen molar-refractivity contribution in [3.05, 3.63) is 42.0 Å². The highest BCUT2D eigenvalue weighted by Crippen LogP contribution is 2.55. The van der Waals surface area contributed by atoms with Crippen molar-refractivity contribution in [3.63, 3.8) is 0 Å². The molecule has 0 spiro atoms. The molecule has 0 radical (unpaired) electrons. The first kappa shape index (κ1) is 31.8. The van der Waals surface area contributed by atoms with Crippen LogP contribution in [0.2, 0.25) is 10.1 Å². The maximum absolute atomic E-state index is 13.0. The quantitative estimate of drug-likeness (QED) is 0.133. The van der Waals surface area contributed by atoms with Crippen LogP contribution in [0.1, 0.15) is 86.6 Å². The molecule has 0 aromatic heterocycles. The topological polar surface area (TPSA) is 72.5 Å². The van der Waals surface area contributed by atoms with Crippen LogP contribution in [0.15, 0.2) is 36.4 Å². The minimum absolute atomic E-state index is 0.132. The van der Waals surface area contributed by atoms with E-state index in [-0.39, 0.29) is 34.7 Å². The summed E-state index contributed by atoms with van der Waals surface area (Å²) >= 11 is 0. The van der Waals surface area contributed by atoms with Gasteiger partial charge in [-0.15, -0.1) is 6.58 Å². The lowest BCUT2D eigenvalue weighted by Gasteiger charge is -2.58. The fourth-order valence-corrected chi connectivity index (χ4v) is 11.1. The van der Waals surface area contributed by atoms with E-state index in [0.29, 0.717) is 39.1 Å². The van der Waals surface area contributed by atoms with Gasteiger partial charge in [-0.3, -0.25) is 4.79 Å². The molecule has 2 saturated heterocycles. The summed E-state index contributed by atoms with van der Waals surface area (Å²) in [4.78, 5) is 13.0. The normalized spacial score (nSPS) is 26.9. The Morgan fingerprint density at radius 2 is 1.74 bits per heavy atom. The Balaban J connectivity index is 1.61. The molecule has 2 fully saturated rings. The first-order chi connectivity index (χ1) is 18.1. The molecule has 39 heavy (non-hydrogen) atoms. The molecular formula is C31H50O7Si. The van der Waals surface area contributed by atoms with Crippen LogP contribution in [0.25, 0.3) is 0 Å². The van der Waals surface area contributed by atoms with Crippen LogP contribution in [-0.2, 0) is 34.5 Å². The van der Waals surface area contributed by atoms with E-state index in [9.17, 15) is 4.79 Å². The second kappa shape index (κ2) is 12.4. The van der Waals surface area contributed by atoms with E-state index < -0.39 is 20.3 Å². The van der Waals surface area contributed by atoms with Gasteiger partial charge in [-0.05, 0) is 38.0 Å². The molecule has 2 aliphatic rings. The number of carbonyl (C=O) groups is 1. The minimum atomic E-state index is -2.67. The van der Waals surface area contributed by atoms with Crippen molar-refractivity contribution in [1.82, 2.24) is 0 Å². The lowest BCUT2D eigenvalue weighted by atomic mass is 9.84. The van der Waals surface area contributed by atoms with Crippen LogP contribution in [-0.4, -0.2) is 58.8 Å². The molecule has 7 nitrogen and oxygen atoms in total. The van der Waals surface area contributed by atoms with E-state index in [4.69, 9.17) is 27.8 Å². The number of rotatable bonds is 10. The number of fused-ring (bicyclic) bond motifs is 1. The summed E-state index contributed by atoms with van der Waals surface area (Å²) in [5, 5.41) is -0.265.